The van der Waals surface area contributed by atoms with Gasteiger partial charge in [-0.05, 0) is 39.9 Å². The molecule has 176 valence electrons. The predicted octanol–water partition coefficient (Wildman–Crippen LogP) is 6.11. The van der Waals surface area contributed by atoms with E-state index < -0.39 is 18.1 Å². The van der Waals surface area contributed by atoms with Gasteiger partial charge in [0.1, 0.15) is 12.6 Å². The molecule has 0 saturated heterocycles. The summed E-state index contributed by atoms with van der Waals surface area (Å²) in [6.45, 7) is 6.57. The van der Waals surface area contributed by atoms with Crippen molar-refractivity contribution in [2.75, 3.05) is 6.61 Å². The first-order valence-corrected chi connectivity index (χ1v) is 12.2. The van der Waals surface area contributed by atoms with Crippen molar-refractivity contribution in [1.29, 1.82) is 0 Å². The number of hydrogen-bond acceptors (Lipinski definition) is 4. The Balaban J connectivity index is 1.38. The Morgan fingerprint density at radius 3 is 2.03 bits per heavy atom. The lowest BCUT2D eigenvalue weighted by Gasteiger charge is -2.19. The second-order valence-corrected chi connectivity index (χ2v) is 11.3. The molecule has 6 heteroatoms. The highest BCUT2D eigenvalue weighted by Gasteiger charge is 2.29. The summed E-state index contributed by atoms with van der Waals surface area (Å²) < 4.78 is 5.61. The van der Waals surface area contributed by atoms with Gasteiger partial charge in [-0.3, -0.25) is 0 Å². The monoisotopic (exact) mass is 475 g/mol. The third kappa shape index (κ3) is 5.62. The molecule has 0 fully saturated rings. The fourth-order valence-corrected chi connectivity index (χ4v) is 5.24. The number of carboxylic acids is 1. The number of fused-ring (bicyclic) bond motifs is 3. The normalized spacial score (nSPS) is 13.6. The average Bonchev–Trinajstić information content (AvgIpc) is 3.11. The Labute approximate surface area is 204 Å². The maximum atomic E-state index is 12.5. The number of thioether (sulfide) groups is 1. The van der Waals surface area contributed by atoms with E-state index in [9.17, 15) is 14.7 Å². The Morgan fingerprint density at radius 1 is 0.941 bits per heavy atom. The summed E-state index contributed by atoms with van der Waals surface area (Å²) in [5.74, 6) is -1.17. The molecule has 1 atom stereocenters. The number of benzene rings is 3. The molecule has 0 radical (unpaired) electrons. The van der Waals surface area contributed by atoms with Gasteiger partial charge in [0.05, 0.1) is 0 Å². The third-order valence-corrected chi connectivity index (χ3v) is 6.84. The van der Waals surface area contributed by atoms with E-state index in [1.165, 1.54) is 0 Å². The Morgan fingerprint density at radius 2 is 1.50 bits per heavy atom. The molecule has 1 unspecified atom stereocenters. The number of hydrogen-bond donors (Lipinski definition) is 2. The van der Waals surface area contributed by atoms with Crippen LogP contribution in [0.4, 0.5) is 4.79 Å². The highest BCUT2D eigenvalue weighted by molar-refractivity contribution is 8.00. The van der Waals surface area contributed by atoms with Gasteiger partial charge < -0.3 is 15.2 Å². The molecule has 0 aromatic heterocycles. The van der Waals surface area contributed by atoms with Crippen LogP contribution in [0.1, 0.15) is 43.4 Å². The zero-order valence-electron chi connectivity index (χ0n) is 19.6. The van der Waals surface area contributed by atoms with Gasteiger partial charge in [0.2, 0.25) is 0 Å². The van der Waals surface area contributed by atoms with Gasteiger partial charge in [0.15, 0.2) is 0 Å². The Bertz CT molecular complexity index is 1140. The van der Waals surface area contributed by atoms with E-state index in [1.54, 1.807) is 11.8 Å². The third-order valence-electron chi connectivity index (χ3n) is 5.72. The molecule has 34 heavy (non-hydrogen) atoms. The lowest BCUT2D eigenvalue weighted by atomic mass is 9.98. The summed E-state index contributed by atoms with van der Waals surface area (Å²) in [6, 6.07) is 22.9. The maximum absolute atomic E-state index is 12.5. The average molecular weight is 476 g/mol. The molecule has 0 spiro atoms. The summed E-state index contributed by atoms with van der Waals surface area (Å²) in [6.07, 6.45) is -0.547. The largest absolute Gasteiger partial charge is 0.480 e. The lowest BCUT2D eigenvalue weighted by Crippen LogP contribution is -2.42. The Kier molecular flexibility index (Phi) is 6.98. The quantitative estimate of drug-likeness (QED) is 0.403. The van der Waals surface area contributed by atoms with Crippen LogP contribution < -0.4 is 5.32 Å². The summed E-state index contributed by atoms with van der Waals surface area (Å²) >= 11 is 1.75. The second kappa shape index (κ2) is 9.94. The SMILES string of the molecule is CC(C)(C)Sc1ccc(CC(NC(=O)OCC2c3ccccc3-c3ccccc32)C(=O)O)cc1. The molecule has 1 aliphatic rings. The number of aliphatic carboxylic acids is 1. The molecule has 3 aromatic carbocycles. The molecule has 1 amide bonds. The van der Waals surface area contributed by atoms with Crippen LogP contribution in [0.2, 0.25) is 0 Å². The first-order chi connectivity index (χ1) is 16.2. The summed E-state index contributed by atoms with van der Waals surface area (Å²) in [7, 11) is 0. The first kappa shape index (κ1) is 23.9. The second-order valence-electron chi connectivity index (χ2n) is 9.42. The van der Waals surface area contributed by atoms with Crippen LogP contribution in [0, 0.1) is 0 Å². The maximum Gasteiger partial charge on any atom is 0.407 e. The van der Waals surface area contributed by atoms with Crippen LogP contribution in [-0.4, -0.2) is 34.6 Å². The van der Waals surface area contributed by atoms with E-state index in [2.05, 4.69) is 38.2 Å². The molecule has 2 N–H and O–H groups in total. The van der Waals surface area contributed by atoms with Crippen LogP contribution in [-0.2, 0) is 16.0 Å². The molecule has 3 aromatic rings. The van der Waals surface area contributed by atoms with Gasteiger partial charge in [-0.1, -0.05) is 81.4 Å². The fraction of sp³-hybridized carbons (Fsp3) is 0.286. The molecule has 0 heterocycles. The number of carbonyl (C=O) groups excluding carboxylic acids is 1. The van der Waals surface area contributed by atoms with Crippen molar-refractivity contribution >= 4 is 23.8 Å². The number of nitrogens with one attached hydrogen (secondary N) is 1. The summed E-state index contributed by atoms with van der Waals surface area (Å²) in [5, 5.41) is 12.2. The highest BCUT2D eigenvalue weighted by atomic mass is 32.2. The van der Waals surface area contributed by atoms with Gasteiger partial charge in [-0.25, -0.2) is 9.59 Å². The zero-order chi connectivity index (χ0) is 24.3. The number of alkyl carbamates (subject to hydrolysis) is 1. The number of amides is 1. The van der Waals surface area contributed by atoms with Crippen molar-refractivity contribution in [3.05, 3.63) is 89.5 Å². The minimum absolute atomic E-state index is 0.0747. The minimum atomic E-state index is -1.10. The van der Waals surface area contributed by atoms with Crippen molar-refractivity contribution < 1.29 is 19.4 Å². The minimum Gasteiger partial charge on any atom is -0.480 e. The summed E-state index contributed by atoms with van der Waals surface area (Å²) in [4.78, 5) is 25.5. The van der Waals surface area contributed by atoms with Crippen LogP contribution in [0.15, 0.2) is 77.7 Å². The van der Waals surface area contributed by atoms with Crippen molar-refractivity contribution in [2.45, 2.75) is 48.8 Å². The topological polar surface area (TPSA) is 75.6 Å². The van der Waals surface area contributed by atoms with Gasteiger partial charge in [-0.15, -0.1) is 11.8 Å². The number of rotatable bonds is 7. The van der Waals surface area contributed by atoms with Gasteiger partial charge in [0, 0.05) is 22.0 Å². The molecular weight excluding hydrogens is 446 g/mol. The molecule has 0 aliphatic heterocycles. The van der Waals surface area contributed by atoms with Gasteiger partial charge in [0.25, 0.3) is 0 Å². The number of carboxylic acid groups (broad SMARTS) is 1. The van der Waals surface area contributed by atoms with E-state index in [4.69, 9.17) is 4.74 Å². The summed E-state index contributed by atoms with van der Waals surface area (Å²) in [5.41, 5.74) is 5.34. The fourth-order valence-electron chi connectivity index (χ4n) is 4.27. The number of carbonyl (C=O) groups is 2. The zero-order valence-corrected chi connectivity index (χ0v) is 20.4. The first-order valence-electron chi connectivity index (χ1n) is 11.3. The van der Waals surface area contributed by atoms with Crippen molar-refractivity contribution in [2.24, 2.45) is 0 Å². The van der Waals surface area contributed by atoms with Crippen LogP contribution in [0.25, 0.3) is 11.1 Å². The van der Waals surface area contributed by atoms with Gasteiger partial charge >= 0.3 is 12.1 Å². The standard InChI is InChI=1S/C28H29NO4S/c1-28(2,3)34-19-14-12-18(13-15-19)16-25(26(30)31)29-27(32)33-17-24-22-10-6-4-8-20(22)21-9-5-7-11-23(21)24/h4-15,24-25H,16-17H2,1-3H3,(H,29,32)(H,30,31). The predicted molar refractivity (Wildman–Crippen MR) is 135 cm³/mol. The van der Waals surface area contributed by atoms with Gasteiger partial charge in [-0.2, -0.15) is 0 Å². The number of ether oxygens (including phenoxy) is 1. The molecule has 0 bridgehead atoms. The Hall–Kier alpha value is -3.25. The molecular formula is C28H29NO4S. The lowest BCUT2D eigenvalue weighted by molar-refractivity contribution is -0.139. The van der Waals surface area contributed by atoms with E-state index in [-0.39, 0.29) is 23.7 Å². The molecule has 5 nitrogen and oxygen atoms in total. The van der Waals surface area contributed by atoms with Crippen molar-refractivity contribution in [3.8, 4) is 11.1 Å². The highest BCUT2D eigenvalue weighted by Crippen LogP contribution is 2.44. The molecule has 4 rings (SSSR count). The smallest absolute Gasteiger partial charge is 0.407 e. The van der Waals surface area contributed by atoms with Crippen molar-refractivity contribution in [1.82, 2.24) is 5.32 Å². The van der Waals surface area contributed by atoms with Crippen LogP contribution >= 0.6 is 11.8 Å². The van der Waals surface area contributed by atoms with E-state index in [0.717, 1.165) is 32.7 Å². The van der Waals surface area contributed by atoms with E-state index in [0.29, 0.717) is 0 Å². The van der Waals surface area contributed by atoms with Crippen LogP contribution in [0.5, 0.6) is 0 Å². The van der Waals surface area contributed by atoms with E-state index in [1.807, 2.05) is 60.7 Å². The van der Waals surface area contributed by atoms with Crippen LogP contribution in [0.3, 0.4) is 0 Å². The molecule has 0 saturated carbocycles. The van der Waals surface area contributed by atoms with E-state index >= 15 is 0 Å². The van der Waals surface area contributed by atoms with Crippen molar-refractivity contribution in [3.63, 3.8) is 0 Å². The molecule has 1 aliphatic carbocycles.